The van der Waals surface area contributed by atoms with Gasteiger partial charge < -0.3 is 5.73 Å². The average molecular weight is 296 g/mol. The Bertz CT molecular complexity index is 468. The summed E-state index contributed by atoms with van der Waals surface area (Å²) in [6.45, 7) is 5.07. The van der Waals surface area contributed by atoms with Gasteiger partial charge in [0.2, 0.25) is 0 Å². The highest BCUT2D eigenvalue weighted by Crippen LogP contribution is 2.11. The third-order valence-corrected chi connectivity index (χ3v) is 3.07. The molecule has 0 aliphatic rings. The van der Waals surface area contributed by atoms with Crippen LogP contribution in [0.3, 0.4) is 0 Å². The number of hydrogen-bond donors (Lipinski definition) is 1. The van der Waals surface area contributed by atoms with Crippen LogP contribution in [0.4, 0.5) is 0 Å². The molecule has 0 saturated heterocycles. The van der Waals surface area contributed by atoms with Gasteiger partial charge in [-0.15, -0.1) is 41.2 Å². The van der Waals surface area contributed by atoms with Crippen molar-refractivity contribution in [3.8, 4) is 0 Å². The first-order valence-electron chi connectivity index (χ1n) is 4.70. The van der Waals surface area contributed by atoms with E-state index in [4.69, 9.17) is 5.73 Å². The highest BCUT2D eigenvalue weighted by atomic mass is 35.5. The zero-order valence-corrected chi connectivity index (χ0v) is 12.0. The number of hydrogen-bond acceptors (Lipinski definition) is 5. The molecule has 2 rings (SSSR count). The van der Waals surface area contributed by atoms with Crippen LogP contribution in [-0.2, 0) is 13.1 Å². The summed E-state index contributed by atoms with van der Waals surface area (Å²) in [7, 11) is 0. The van der Waals surface area contributed by atoms with E-state index in [0.29, 0.717) is 13.1 Å². The third kappa shape index (κ3) is 3.64. The fraction of sp³-hybridized carbons (Fsp3) is 0.444. The van der Waals surface area contributed by atoms with Crippen molar-refractivity contribution in [3.05, 3.63) is 27.5 Å². The van der Waals surface area contributed by atoms with Crippen molar-refractivity contribution in [1.82, 2.24) is 20.0 Å². The Hall–Kier alpha value is -0.690. The maximum atomic E-state index is 5.53. The molecule has 2 N–H and O–H groups in total. The second-order valence-corrected chi connectivity index (χ2v) is 4.40. The molecule has 5 nitrogen and oxygen atoms in total. The van der Waals surface area contributed by atoms with Crippen molar-refractivity contribution in [2.45, 2.75) is 26.9 Å². The lowest BCUT2D eigenvalue weighted by atomic mass is 10.3. The fourth-order valence-electron chi connectivity index (χ4n) is 1.37. The molecule has 2 heterocycles. The van der Waals surface area contributed by atoms with Gasteiger partial charge >= 0.3 is 0 Å². The molecule has 0 amide bonds. The standard InChI is InChI=1S/C9H13N5S.2ClH/c1-6-9(3-10)12-13-14(6)4-8-5-15-7(2)11-8;;/h5H,3-4,10H2,1-2H3;2*1H. The molecular weight excluding hydrogens is 281 g/mol. The van der Waals surface area contributed by atoms with E-state index in [2.05, 4.69) is 15.3 Å². The molecule has 0 spiro atoms. The van der Waals surface area contributed by atoms with E-state index < -0.39 is 0 Å². The third-order valence-electron chi connectivity index (χ3n) is 2.25. The number of halogens is 2. The van der Waals surface area contributed by atoms with E-state index >= 15 is 0 Å². The number of nitrogens with zero attached hydrogens (tertiary/aromatic N) is 4. The van der Waals surface area contributed by atoms with Crippen LogP contribution >= 0.6 is 36.2 Å². The summed E-state index contributed by atoms with van der Waals surface area (Å²) in [5, 5.41) is 11.2. The van der Waals surface area contributed by atoms with Gasteiger partial charge in [0.05, 0.1) is 28.6 Å². The van der Waals surface area contributed by atoms with Gasteiger partial charge in [-0.25, -0.2) is 9.67 Å². The first-order valence-corrected chi connectivity index (χ1v) is 5.58. The molecule has 0 atom stereocenters. The molecule has 0 fully saturated rings. The molecule has 8 heteroatoms. The second kappa shape index (κ2) is 6.90. The van der Waals surface area contributed by atoms with Crippen LogP contribution in [0, 0.1) is 13.8 Å². The number of aryl methyl sites for hydroxylation is 1. The maximum Gasteiger partial charge on any atom is 0.0991 e. The Morgan fingerprint density at radius 1 is 1.35 bits per heavy atom. The summed E-state index contributed by atoms with van der Waals surface area (Å²) in [6, 6.07) is 0. The van der Waals surface area contributed by atoms with Crippen molar-refractivity contribution >= 4 is 36.2 Å². The Balaban J connectivity index is 0.00000128. The van der Waals surface area contributed by atoms with Crippen LogP contribution in [0.15, 0.2) is 5.38 Å². The number of thiazole rings is 1. The second-order valence-electron chi connectivity index (χ2n) is 3.34. The highest BCUT2D eigenvalue weighted by molar-refractivity contribution is 7.09. The number of aromatic nitrogens is 4. The largest absolute Gasteiger partial charge is 0.325 e. The summed E-state index contributed by atoms with van der Waals surface area (Å²) >= 11 is 1.64. The zero-order valence-electron chi connectivity index (χ0n) is 9.58. The van der Waals surface area contributed by atoms with Gasteiger partial charge in [0, 0.05) is 11.9 Å². The molecule has 17 heavy (non-hydrogen) atoms. The molecule has 2 aromatic heterocycles. The minimum absolute atomic E-state index is 0. The quantitative estimate of drug-likeness (QED) is 0.936. The van der Waals surface area contributed by atoms with Crippen LogP contribution in [0.5, 0.6) is 0 Å². The van der Waals surface area contributed by atoms with Gasteiger partial charge in [0.15, 0.2) is 0 Å². The fourth-order valence-corrected chi connectivity index (χ4v) is 1.97. The van der Waals surface area contributed by atoms with Crippen LogP contribution in [0.2, 0.25) is 0 Å². The van der Waals surface area contributed by atoms with Gasteiger partial charge in [0.25, 0.3) is 0 Å². The van der Waals surface area contributed by atoms with Gasteiger partial charge in [-0.2, -0.15) is 0 Å². The molecule has 0 aromatic carbocycles. The van der Waals surface area contributed by atoms with Gasteiger partial charge in [-0.1, -0.05) is 5.21 Å². The van der Waals surface area contributed by atoms with E-state index in [1.165, 1.54) is 0 Å². The first-order chi connectivity index (χ1) is 7.20. The topological polar surface area (TPSA) is 69.6 Å². The Morgan fingerprint density at radius 2 is 2.06 bits per heavy atom. The van der Waals surface area contributed by atoms with E-state index in [1.807, 2.05) is 23.9 Å². The molecule has 0 radical (unpaired) electrons. The summed E-state index contributed by atoms with van der Waals surface area (Å²) in [5.41, 5.74) is 8.42. The molecule has 96 valence electrons. The van der Waals surface area contributed by atoms with E-state index in [1.54, 1.807) is 11.3 Å². The number of rotatable bonds is 3. The van der Waals surface area contributed by atoms with Crippen molar-refractivity contribution in [1.29, 1.82) is 0 Å². The van der Waals surface area contributed by atoms with Crippen LogP contribution in [0.25, 0.3) is 0 Å². The van der Waals surface area contributed by atoms with Gasteiger partial charge in [-0.05, 0) is 13.8 Å². The predicted molar refractivity (Wildman–Crippen MR) is 73.1 cm³/mol. The van der Waals surface area contributed by atoms with E-state index in [-0.39, 0.29) is 24.8 Å². The minimum Gasteiger partial charge on any atom is -0.325 e. The predicted octanol–water partition coefficient (Wildman–Crippen LogP) is 1.70. The summed E-state index contributed by atoms with van der Waals surface area (Å²) < 4.78 is 1.83. The lowest BCUT2D eigenvalue weighted by molar-refractivity contribution is 0.624. The van der Waals surface area contributed by atoms with Crippen molar-refractivity contribution in [3.63, 3.8) is 0 Å². The Kier molecular flexibility index (Phi) is 6.62. The summed E-state index contributed by atoms with van der Waals surface area (Å²) in [4.78, 5) is 4.38. The molecule has 0 aliphatic carbocycles. The minimum atomic E-state index is 0. The first kappa shape index (κ1) is 16.3. The Labute approximate surface area is 116 Å². The summed E-state index contributed by atoms with van der Waals surface area (Å²) in [5.74, 6) is 0. The van der Waals surface area contributed by atoms with E-state index in [0.717, 1.165) is 22.1 Å². The molecular formula is C9H15Cl2N5S. The Morgan fingerprint density at radius 3 is 2.53 bits per heavy atom. The smallest absolute Gasteiger partial charge is 0.0991 e. The van der Waals surface area contributed by atoms with Crippen molar-refractivity contribution < 1.29 is 0 Å². The van der Waals surface area contributed by atoms with Crippen LogP contribution in [0.1, 0.15) is 22.1 Å². The normalized spacial score (nSPS) is 9.59. The molecule has 0 bridgehead atoms. The van der Waals surface area contributed by atoms with E-state index in [9.17, 15) is 0 Å². The average Bonchev–Trinajstić information content (AvgIpc) is 2.76. The van der Waals surface area contributed by atoms with Crippen molar-refractivity contribution in [2.75, 3.05) is 0 Å². The SMILES string of the molecule is Cc1nc(Cn2nnc(CN)c2C)cs1.Cl.Cl. The molecule has 2 aromatic rings. The lowest BCUT2D eigenvalue weighted by Crippen LogP contribution is -2.05. The maximum absolute atomic E-state index is 5.53. The molecule has 0 unspecified atom stereocenters. The molecule has 0 saturated carbocycles. The molecule has 0 aliphatic heterocycles. The lowest BCUT2D eigenvalue weighted by Gasteiger charge is -2.00. The van der Waals surface area contributed by atoms with Gasteiger partial charge in [0.1, 0.15) is 0 Å². The summed E-state index contributed by atoms with van der Waals surface area (Å²) in [6.07, 6.45) is 0. The number of nitrogens with two attached hydrogens (primary N) is 1. The van der Waals surface area contributed by atoms with Gasteiger partial charge in [-0.3, -0.25) is 0 Å². The monoisotopic (exact) mass is 295 g/mol. The highest BCUT2D eigenvalue weighted by Gasteiger charge is 2.08. The van der Waals surface area contributed by atoms with Crippen LogP contribution in [-0.4, -0.2) is 20.0 Å². The van der Waals surface area contributed by atoms with Crippen LogP contribution < -0.4 is 5.73 Å². The van der Waals surface area contributed by atoms with Crippen molar-refractivity contribution in [2.24, 2.45) is 5.73 Å². The zero-order chi connectivity index (χ0) is 10.8.